The van der Waals surface area contributed by atoms with Gasteiger partial charge in [0.05, 0.1) is 10.2 Å². The number of halogens is 1. The summed E-state index contributed by atoms with van der Waals surface area (Å²) in [6.07, 6.45) is 7.33. The Balaban J connectivity index is 1.17. The number of nitrogens with zero attached hydrogens (tertiary/aromatic N) is 5. The molecule has 0 atom stereocenters. The second kappa shape index (κ2) is 15.5. The maximum Gasteiger partial charge on any atom is 0.412 e. The molecule has 1 aliphatic heterocycles. The van der Waals surface area contributed by atoms with Crippen LogP contribution in [0.15, 0.2) is 71.5 Å². The van der Waals surface area contributed by atoms with Crippen LogP contribution in [0.4, 0.5) is 16.4 Å². The van der Waals surface area contributed by atoms with Crippen molar-refractivity contribution in [2.45, 2.75) is 44.6 Å². The number of para-hydroxylation sites is 1. The van der Waals surface area contributed by atoms with E-state index in [0.717, 1.165) is 79.6 Å². The van der Waals surface area contributed by atoms with Crippen LogP contribution in [0.3, 0.4) is 0 Å². The number of unbranched alkanes of at least 4 members (excludes halogenated alkanes) is 2. The third kappa shape index (κ3) is 8.99. The van der Waals surface area contributed by atoms with Crippen LogP contribution in [0.1, 0.15) is 38.5 Å². The summed E-state index contributed by atoms with van der Waals surface area (Å²) in [4.78, 5) is 39.1. The van der Waals surface area contributed by atoms with Crippen molar-refractivity contribution in [1.82, 2.24) is 19.8 Å². The molecule has 0 aliphatic carbocycles. The molecule has 0 radical (unpaired) electrons. The molecule has 1 aliphatic rings. The summed E-state index contributed by atoms with van der Waals surface area (Å²) < 4.78 is 0.848. The van der Waals surface area contributed by atoms with Gasteiger partial charge in [-0.1, -0.05) is 55.0 Å². The van der Waals surface area contributed by atoms with Gasteiger partial charge in [0.2, 0.25) is 11.9 Å². The first-order chi connectivity index (χ1) is 19.9. The van der Waals surface area contributed by atoms with Crippen molar-refractivity contribution in [1.29, 1.82) is 0 Å². The number of carboxylic acid groups (broad SMARTS) is 1. The van der Waals surface area contributed by atoms with Gasteiger partial charge in [0.15, 0.2) is 0 Å². The first-order valence-electron chi connectivity index (χ1n) is 14.3. The first kappa shape index (κ1) is 30.5. The molecule has 218 valence electrons. The number of likely N-dealkylation sites (tertiary alicyclic amines) is 1. The monoisotopic (exact) mass is 622 g/mol. The molecule has 3 aromatic rings. The number of nitrogens with one attached hydrogen (secondary N) is 1. The van der Waals surface area contributed by atoms with Crippen LogP contribution in [-0.4, -0.2) is 82.7 Å². The molecular weight excluding hydrogens is 584 g/mol. The Morgan fingerprint density at radius 1 is 1.00 bits per heavy atom. The quantitative estimate of drug-likeness (QED) is 0.226. The van der Waals surface area contributed by atoms with Crippen molar-refractivity contribution in [2.75, 3.05) is 50.0 Å². The summed E-state index contributed by atoms with van der Waals surface area (Å²) in [6, 6.07) is 17.6. The molecule has 2 N–H and O–H groups in total. The number of aromatic nitrogens is 2. The summed E-state index contributed by atoms with van der Waals surface area (Å²) >= 11 is 3.32. The number of hydrogen-bond acceptors (Lipinski definition) is 6. The highest BCUT2D eigenvalue weighted by atomic mass is 79.9. The lowest BCUT2D eigenvalue weighted by Crippen LogP contribution is -2.48. The van der Waals surface area contributed by atoms with Gasteiger partial charge in [0.1, 0.15) is 0 Å². The van der Waals surface area contributed by atoms with E-state index in [4.69, 9.17) is 0 Å². The number of piperidine rings is 1. The Morgan fingerprint density at radius 2 is 1.68 bits per heavy atom. The average molecular weight is 624 g/mol. The van der Waals surface area contributed by atoms with Crippen LogP contribution in [0.5, 0.6) is 0 Å². The summed E-state index contributed by atoms with van der Waals surface area (Å²) in [5.41, 5.74) is 2.66. The minimum absolute atomic E-state index is 0.0854. The number of likely N-dealkylation sites (N-methyl/N-ethyl adjacent to an activating group) is 1. The first-order valence-corrected chi connectivity index (χ1v) is 15.1. The predicted molar refractivity (Wildman–Crippen MR) is 166 cm³/mol. The Hall–Kier alpha value is -3.50. The zero-order valence-electron chi connectivity index (χ0n) is 23.6. The Bertz CT molecular complexity index is 1250. The molecule has 41 heavy (non-hydrogen) atoms. The fraction of sp³-hybridized carbons (Fsp3) is 0.419. The molecule has 0 spiro atoms. The molecule has 2 amide bonds. The van der Waals surface area contributed by atoms with Gasteiger partial charge in [0.25, 0.3) is 0 Å². The van der Waals surface area contributed by atoms with Crippen molar-refractivity contribution in [2.24, 2.45) is 0 Å². The van der Waals surface area contributed by atoms with Gasteiger partial charge in [-0.25, -0.2) is 14.8 Å². The maximum atomic E-state index is 12.6. The van der Waals surface area contributed by atoms with E-state index in [1.165, 1.54) is 0 Å². The van der Waals surface area contributed by atoms with E-state index in [2.05, 4.69) is 36.1 Å². The summed E-state index contributed by atoms with van der Waals surface area (Å²) in [6.45, 7) is 3.85. The molecule has 9 nitrogen and oxygen atoms in total. The van der Waals surface area contributed by atoms with Crippen LogP contribution in [0.2, 0.25) is 0 Å². The molecule has 2 aromatic carbocycles. The lowest BCUT2D eigenvalue weighted by atomic mass is 9.98. The van der Waals surface area contributed by atoms with Gasteiger partial charge in [0, 0.05) is 70.2 Å². The fourth-order valence-electron chi connectivity index (χ4n) is 5.19. The van der Waals surface area contributed by atoms with Gasteiger partial charge in [-0.2, -0.15) is 0 Å². The van der Waals surface area contributed by atoms with E-state index < -0.39 is 6.09 Å². The van der Waals surface area contributed by atoms with Gasteiger partial charge in [-0.3, -0.25) is 9.69 Å². The van der Waals surface area contributed by atoms with Gasteiger partial charge in [-0.15, -0.1) is 0 Å². The topological polar surface area (TPSA) is 102 Å². The molecule has 10 heteroatoms. The van der Waals surface area contributed by atoms with E-state index in [1.54, 1.807) is 17.3 Å². The minimum atomic E-state index is -0.922. The molecule has 0 unspecified atom stereocenters. The molecule has 2 heterocycles. The van der Waals surface area contributed by atoms with E-state index in [-0.39, 0.29) is 11.9 Å². The largest absolute Gasteiger partial charge is 0.465 e. The van der Waals surface area contributed by atoms with Crippen LogP contribution < -0.4 is 10.2 Å². The smallest absolute Gasteiger partial charge is 0.412 e. The fourth-order valence-corrected chi connectivity index (χ4v) is 5.40. The van der Waals surface area contributed by atoms with Gasteiger partial charge >= 0.3 is 6.09 Å². The Kier molecular flexibility index (Phi) is 11.5. The van der Waals surface area contributed by atoms with Crippen molar-refractivity contribution in [3.63, 3.8) is 0 Å². The lowest BCUT2D eigenvalue weighted by Gasteiger charge is -2.38. The molecule has 4 rings (SSSR count). The lowest BCUT2D eigenvalue weighted by molar-refractivity contribution is -0.130. The Morgan fingerprint density at radius 3 is 2.39 bits per heavy atom. The number of rotatable bonds is 13. The van der Waals surface area contributed by atoms with Crippen molar-refractivity contribution in [3.8, 4) is 11.1 Å². The number of amides is 2. The highest BCUT2D eigenvalue weighted by Gasteiger charge is 2.30. The van der Waals surface area contributed by atoms with E-state index in [0.29, 0.717) is 18.9 Å². The zero-order valence-corrected chi connectivity index (χ0v) is 25.2. The van der Waals surface area contributed by atoms with E-state index >= 15 is 0 Å². The number of benzene rings is 2. The Labute approximate surface area is 250 Å². The second-order valence-corrected chi connectivity index (χ2v) is 11.3. The second-order valence-electron chi connectivity index (χ2n) is 10.4. The number of carbonyl (C=O) groups excluding carboxylic acids is 1. The van der Waals surface area contributed by atoms with E-state index in [9.17, 15) is 14.7 Å². The highest BCUT2D eigenvalue weighted by molar-refractivity contribution is 9.10. The van der Waals surface area contributed by atoms with Gasteiger partial charge in [-0.05, 0) is 53.2 Å². The van der Waals surface area contributed by atoms with E-state index in [1.807, 2.05) is 66.5 Å². The molecule has 1 saturated heterocycles. The van der Waals surface area contributed by atoms with Crippen LogP contribution in [0, 0.1) is 0 Å². The van der Waals surface area contributed by atoms with Crippen molar-refractivity contribution in [3.05, 3.63) is 71.5 Å². The third-order valence-electron chi connectivity index (χ3n) is 7.52. The average Bonchev–Trinajstić information content (AvgIpc) is 2.99. The normalized spacial score (nSPS) is 14.0. The number of hydrogen-bond donors (Lipinski definition) is 2. The zero-order chi connectivity index (χ0) is 29.0. The molecule has 0 saturated carbocycles. The predicted octanol–water partition coefficient (Wildman–Crippen LogP) is 5.99. The molecular formula is C31H39BrN6O3. The molecule has 1 fully saturated rings. The standard InChI is InChI=1S/C31H39BrN6O3/c1-36(29(39)14-6-3-9-17-33-30-34-22-25(32)23-35-30)20-21-37-18-15-26(16-19-37)38(31(40)41)28-13-8-7-12-27(28)24-10-4-2-5-11-24/h2,4-5,7-8,10-13,22-23,26H,3,6,9,14-21H2,1H3,(H,40,41)(H,33,34,35). The van der Waals surface area contributed by atoms with Crippen LogP contribution in [0.25, 0.3) is 11.1 Å². The molecule has 0 bridgehead atoms. The van der Waals surface area contributed by atoms with Crippen molar-refractivity contribution < 1.29 is 14.7 Å². The third-order valence-corrected chi connectivity index (χ3v) is 7.93. The minimum Gasteiger partial charge on any atom is -0.465 e. The summed E-state index contributed by atoms with van der Waals surface area (Å²) in [5.74, 6) is 0.777. The van der Waals surface area contributed by atoms with Gasteiger partial charge < -0.3 is 20.2 Å². The SMILES string of the molecule is CN(CCN1CCC(N(C(=O)O)c2ccccc2-c2ccccc2)CC1)C(=O)CCCCCNc1ncc(Br)cn1. The van der Waals surface area contributed by atoms with Crippen molar-refractivity contribution >= 4 is 39.6 Å². The van der Waals surface area contributed by atoms with Crippen LogP contribution >= 0.6 is 15.9 Å². The summed E-state index contributed by atoms with van der Waals surface area (Å²) in [5, 5.41) is 13.4. The number of carbonyl (C=O) groups is 2. The maximum absolute atomic E-state index is 12.6. The molecule has 1 aromatic heterocycles. The number of anilines is 2. The highest BCUT2D eigenvalue weighted by Crippen LogP contribution is 2.34. The van der Waals surface area contributed by atoms with Crippen LogP contribution in [-0.2, 0) is 4.79 Å². The summed E-state index contributed by atoms with van der Waals surface area (Å²) in [7, 11) is 1.87.